The highest BCUT2D eigenvalue weighted by Gasteiger charge is 2.48. The van der Waals surface area contributed by atoms with Crippen LogP contribution >= 0.6 is 0 Å². The first kappa shape index (κ1) is 21.4. The fraction of sp³-hybridized carbons (Fsp3) is 0.240. The van der Waals surface area contributed by atoms with Crippen molar-refractivity contribution in [1.29, 1.82) is 0 Å². The van der Waals surface area contributed by atoms with Crippen LogP contribution in [0.15, 0.2) is 64.7 Å². The van der Waals surface area contributed by atoms with Crippen molar-refractivity contribution < 1.29 is 24.0 Å². The summed E-state index contributed by atoms with van der Waals surface area (Å²) in [6.07, 6.45) is 0.00669. The van der Waals surface area contributed by atoms with E-state index in [2.05, 4.69) is 5.16 Å². The SMILES string of the molecule is Cc1ccc([C@H]2/C(=C(\O)c3ccc(OC(C)C)cc3)C(=O)C(=O)N2c2cc(C)on2)cc1. The Morgan fingerprint density at radius 2 is 1.72 bits per heavy atom. The maximum Gasteiger partial charge on any atom is 0.301 e. The van der Waals surface area contributed by atoms with Crippen LogP contribution in [0.2, 0.25) is 0 Å². The van der Waals surface area contributed by atoms with Crippen molar-refractivity contribution in [3.05, 3.63) is 82.6 Å². The summed E-state index contributed by atoms with van der Waals surface area (Å²) < 4.78 is 10.8. The van der Waals surface area contributed by atoms with Crippen molar-refractivity contribution in [3.8, 4) is 5.75 Å². The molecule has 2 aromatic carbocycles. The number of Topliss-reactive ketones (excluding diaryl/α,β-unsaturated/α-hetero) is 1. The molecule has 1 atom stereocenters. The predicted octanol–water partition coefficient (Wildman–Crippen LogP) is 4.70. The summed E-state index contributed by atoms with van der Waals surface area (Å²) in [7, 11) is 0. The zero-order valence-corrected chi connectivity index (χ0v) is 18.3. The van der Waals surface area contributed by atoms with Gasteiger partial charge in [-0.05, 0) is 57.5 Å². The van der Waals surface area contributed by atoms with E-state index in [0.717, 1.165) is 5.56 Å². The minimum absolute atomic E-state index is 0.00275. The van der Waals surface area contributed by atoms with Gasteiger partial charge in [-0.15, -0.1) is 0 Å². The Kier molecular flexibility index (Phi) is 5.57. The fourth-order valence-corrected chi connectivity index (χ4v) is 3.72. The van der Waals surface area contributed by atoms with Crippen LogP contribution in [0, 0.1) is 13.8 Å². The van der Waals surface area contributed by atoms with Gasteiger partial charge in [0, 0.05) is 11.6 Å². The van der Waals surface area contributed by atoms with Crippen LogP contribution in [0.25, 0.3) is 5.76 Å². The molecule has 1 saturated heterocycles. The Morgan fingerprint density at radius 3 is 2.28 bits per heavy atom. The Labute approximate surface area is 185 Å². The van der Waals surface area contributed by atoms with Crippen molar-refractivity contribution in [2.45, 2.75) is 39.8 Å². The van der Waals surface area contributed by atoms with Gasteiger partial charge in [0.1, 0.15) is 17.3 Å². The zero-order chi connectivity index (χ0) is 23.0. The van der Waals surface area contributed by atoms with Crippen LogP contribution in [-0.2, 0) is 9.59 Å². The molecule has 0 unspecified atom stereocenters. The summed E-state index contributed by atoms with van der Waals surface area (Å²) in [5.74, 6) is -0.445. The lowest BCUT2D eigenvalue weighted by molar-refractivity contribution is -0.132. The van der Waals surface area contributed by atoms with Gasteiger partial charge in [0.2, 0.25) is 0 Å². The molecule has 4 rings (SSSR count). The second-order valence-electron chi connectivity index (χ2n) is 8.07. The number of ketones is 1. The second kappa shape index (κ2) is 8.34. The molecule has 1 aliphatic rings. The van der Waals surface area contributed by atoms with Crippen LogP contribution in [0.3, 0.4) is 0 Å². The molecule has 0 bridgehead atoms. The number of aromatic nitrogens is 1. The average Bonchev–Trinajstić information content (AvgIpc) is 3.29. The summed E-state index contributed by atoms with van der Waals surface area (Å²) >= 11 is 0. The summed E-state index contributed by atoms with van der Waals surface area (Å²) in [5.41, 5.74) is 2.12. The number of hydrogen-bond acceptors (Lipinski definition) is 6. The predicted molar refractivity (Wildman–Crippen MR) is 119 cm³/mol. The molecule has 0 saturated carbocycles. The smallest absolute Gasteiger partial charge is 0.301 e. The van der Waals surface area contributed by atoms with Gasteiger partial charge in [-0.3, -0.25) is 14.5 Å². The highest BCUT2D eigenvalue weighted by molar-refractivity contribution is 6.51. The summed E-state index contributed by atoms with van der Waals surface area (Å²) in [4.78, 5) is 27.4. The lowest BCUT2D eigenvalue weighted by Gasteiger charge is -2.23. The first-order valence-electron chi connectivity index (χ1n) is 10.3. The topological polar surface area (TPSA) is 92.9 Å². The lowest BCUT2D eigenvalue weighted by Crippen LogP contribution is -2.29. The molecule has 1 N–H and O–H groups in total. The number of aliphatic hydroxyl groups is 1. The molecule has 3 aromatic rings. The molecule has 1 fully saturated rings. The normalized spacial score (nSPS) is 17.9. The van der Waals surface area contributed by atoms with Gasteiger partial charge in [-0.1, -0.05) is 35.0 Å². The third-order valence-electron chi connectivity index (χ3n) is 5.20. The van der Waals surface area contributed by atoms with E-state index in [1.165, 1.54) is 4.90 Å². The summed E-state index contributed by atoms with van der Waals surface area (Å²) in [6.45, 7) is 7.49. The Hall–Kier alpha value is -3.87. The maximum absolute atomic E-state index is 13.1. The minimum Gasteiger partial charge on any atom is -0.507 e. The second-order valence-corrected chi connectivity index (χ2v) is 8.07. The Bertz CT molecular complexity index is 1190. The van der Waals surface area contributed by atoms with Gasteiger partial charge >= 0.3 is 5.91 Å². The van der Waals surface area contributed by atoms with Crippen molar-refractivity contribution in [3.63, 3.8) is 0 Å². The van der Waals surface area contributed by atoms with Crippen molar-refractivity contribution in [2.24, 2.45) is 0 Å². The summed E-state index contributed by atoms with van der Waals surface area (Å²) in [5, 5.41) is 15.1. The van der Waals surface area contributed by atoms with Gasteiger partial charge in [0.25, 0.3) is 5.78 Å². The van der Waals surface area contributed by atoms with Gasteiger partial charge < -0.3 is 14.4 Å². The van der Waals surface area contributed by atoms with Crippen LogP contribution in [0.4, 0.5) is 5.82 Å². The van der Waals surface area contributed by atoms with E-state index in [0.29, 0.717) is 22.6 Å². The number of amides is 1. The van der Waals surface area contributed by atoms with Crippen molar-refractivity contribution in [2.75, 3.05) is 4.90 Å². The number of carbonyl (C=O) groups excluding carboxylic acids is 2. The van der Waals surface area contributed by atoms with E-state index in [1.54, 1.807) is 37.3 Å². The molecule has 1 aliphatic heterocycles. The molecule has 7 heteroatoms. The van der Waals surface area contributed by atoms with Crippen LogP contribution in [0.5, 0.6) is 5.75 Å². The number of aryl methyl sites for hydroxylation is 2. The third-order valence-corrected chi connectivity index (χ3v) is 5.20. The number of nitrogens with zero attached hydrogens (tertiary/aromatic N) is 2. The monoisotopic (exact) mass is 432 g/mol. The largest absolute Gasteiger partial charge is 0.507 e. The van der Waals surface area contributed by atoms with E-state index >= 15 is 0 Å². The molecule has 7 nitrogen and oxygen atoms in total. The first-order valence-corrected chi connectivity index (χ1v) is 10.3. The molecule has 0 spiro atoms. The molecule has 2 heterocycles. The maximum atomic E-state index is 13.1. The van der Waals surface area contributed by atoms with Crippen molar-refractivity contribution >= 4 is 23.3 Å². The number of hydrogen-bond donors (Lipinski definition) is 1. The molecule has 164 valence electrons. The van der Waals surface area contributed by atoms with E-state index in [1.807, 2.05) is 45.0 Å². The number of rotatable bonds is 5. The quantitative estimate of drug-likeness (QED) is 0.357. The standard InChI is InChI=1S/C25H24N2O5/c1-14(2)31-19-11-9-18(10-12-19)23(28)21-22(17-7-5-15(3)6-8-17)27(25(30)24(21)29)20-13-16(4)32-26-20/h5-14,22,28H,1-4H3/b23-21+/t22-/m0/s1. The van der Waals surface area contributed by atoms with E-state index in [9.17, 15) is 14.7 Å². The minimum atomic E-state index is -0.841. The molecule has 1 aromatic heterocycles. The van der Waals surface area contributed by atoms with Crippen LogP contribution < -0.4 is 9.64 Å². The first-order chi connectivity index (χ1) is 15.3. The van der Waals surface area contributed by atoms with Crippen molar-refractivity contribution in [1.82, 2.24) is 5.16 Å². The number of aliphatic hydroxyl groups excluding tert-OH is 1. The van der Waals surface area contributed by atoms with E-state index in [4.69, 9.17) is 9.26 Å². The molecule has 32 heavy (non-hydrogen) atoms. The number of carbonyl (C=O) groups is 2. The number of anilines is 1. The molecule has 1 amide bonds. The highest BCUT2D eigenvalue weighted by atomic mass is 16.5. The number of benzene rings is 2. The van der Waals surface area contributed by atoms with Crippen LogP contribution in [-0.4, -0.2) is 28.1 Å². The van der Waals surface area contributed by atoms with E-state index in [-0.39, 0.29) is 23.3 Å². The highest BCUT2D eigenvalue weighted by Crippen LogP contribution is 2.42. The van der Waals surface area contributed by atoms with Gasteiger partial charge in [-0.2, -0.15) is 0 Å². The van der Waals surface area contributed by atoms with Gasteiger partial charge in [0.05, 0.1) is 17.7 Å². The average molecular weight is 432 g/mol. The number of ether oxygens (including phenoxy) is 1. The zero-order valence-electron chi connectivity index (χ0n) is 18.3. The fourth-order valence-electron chi connectivity index (χ4n) is 3.72. The van der Waals surface area contributed by atoms with Gasteiger partial charge in [0.15, 0.2) is 5.82 Å². The molecular weight excluding hydrogens is 408 g/mol. The molecular formula is C25H24N2O5. The molecule has 0 aliphatic carbocycles. The van der Waals surface area contributed by atoms with E-state index < -0.39 is 17.7 Å². The Balaban J connectivity index is 1.85. The molecule has 0 radical (unpaired) electrons. The third kappa shape index (κ3) is 3.89. The Morgan fingerprint density at radius 1 is 1.06 bits per heavy atom. The van der Waals surface area contributed by atoms with Gasteiger partial charge in [-0.25, -0.2) is 0 Å². The lowest BCUT2D eigenvalue weighted by atomic mass is 9.94. The van der Waals surface area contributed by atoms with Crippen LogP contribution in [0.1, 0.15) is 42.3 Å². The summed E-state index contributed by atoms with van der Waals surface area (Å²) in [6, 6.07) is 14.9.